The summed E-state index contributed by atoms with van der Waals surface area (Å²) in [5.41, 5.74) is 4.52. The lowest BCUT2D eigenvalue weighted by Crippen LogP contribution is -2.50. The zero-order valence-electron chi connectivity index (χ0n) is 14.5. The van der Waals surface area contributed by atoms with Gasteiger partial charge in [0.15, 0.2) is 0 Å². The standard InChI is InChI=1S/C22H27NO/c1-22-12-14-23(13-11-17-5-3-2-4-6-17)16-19(22)9-7-18-8-10-20(24)15-21(18)22/h2-6,8,10,15,19,24H,7,9,11-14,16H2,1H3. The Morgan fingerprint density at radius 2 is 2.00 bits per heavy atom. The highest BCUT2D eigenvalue weighted by Gasteiger charge is 2.43. The third-order valence-electron chi connectivity index (χ3n) is 6.36. The van der Waals surface area contributed by atoms with E-state index < -0.39 is 0 Å². The van der Waals surface area contributed by atoms with Crippen molar-refractivity contribution in [3.8, 4) is 5.75 Å². The molecular weight excluding hydrogens is 294 g/mol. The number of aromatic hydroxyl groups is 1. The van der Waals surface area contributed by atoms with Gasteiger partial charge < -0.3 is 10.0 Å². The maximum Gasteiger partial charge on any atom is 0.115 e. The lowest BCUT2D eigenvalue weighted by molar-refractivity contribution is 0.0880. The van der Waals surface area contributed by atoms with Crippen LogP contribution in [0.1, 0.15) is 36.5 Å². The summed E-state index contributed by atoms with van der Waals surface area (Å²) in [5.74, 6) is 1.12. The maximum atomic E-state index is 9.94. The highest BCUT2D eigenvalue weighted by molar-refractivity contribution is 5.42. The average molecular weight is 321 g/mol. The summed E-state index contributed by atoms with van der Waals surface area (Å²) < 4.78 is 0. The fraction of sp³-hybridized carbons (Fsp3) is 0.455. The second-order valence-electron chi connectivity index (χ2n) is 7.78. The van der Waals surface area contributed by atoms with Crippen LogP contribution in [0.3, 0.4) is 0 Å². The highest BCUT2D eigenvalue weighted by atomic mass is 16.3. The second kappa shape index (κ2) is 6.25. The molecule has 0 aromatic heterocycles. The molecule has 1 aliphatic heterocycles. The fourth-order valence-corrected chi connectivity index (χ4v) is 4.74. The number of phenols is 1. The molecule has 0 bridgehead atoms. The van der Waals surface area contributed by atoms with Crippen molar-refractivity contribution in [2.45, 2.75) is 38.0 Å². The number of fused-ring (bicyclic) bond motifs is 3. The van der Waals surface area contributed by atoms with Crippen molar-refractivity contribution in [2.75, 3.05) is 19.6 Å². The predicted molar refractivity (Wildman–Crippen MR) is 98.5 cm³/mol. The lowest BCUT2D eigenvalue weighted by Gasteiger charge is -2.50. The molecule has 1 heterocycles. The monoisotopic (exact) mass is 321 g/mol. The van der Waals surface area contributed by atoms with Crippen LogP contribution >= 0.6 is 0 Å². The van der Waals surface area contributed by atoms with E-state index in [4.69, 9.17) is 0 Å². The van der Waals surface area contributed by atoms with Gasteiger partial charge in [-0.05, 0) is 72.4 Å². The number of likely N-dealkylation sites (tertiary alicyclic amines) is 1. The van der Waals surface area contributed by atoms with Crippen LogP contribution in [0, 0.1) is 5.92 Å². The summed E-state index contributed by atoms with van der Waals surface area (Å²) in [6, 6.07) is 16.8. The van der Waals surface area contributed by atoms with Gasteiger partial charge in [0.25, 0.3) is 0 Å². The molecule has 2 nitrogen and oxygen atoms in total. The van der Waals surface area contributed by atoms with E-state index >= 15 is 0 Å². The Morgan fingerprint density at radius 1 is 1.17 bits per heavy atom. The Hall–Kier alpha value is -1.80. The third-order valence-corrected chi connectivity index (χ3v) is 6.36. The summed E-state index contributed by atoms with van der Waals surface area (Å²) in [6.45, 7) is 5.93. The topological polar surface area (TPSA) is 23.5 Å². The van der Waals surface area contributed by atoms with Crippen LogP contribution in [0.5, 0.6) is 5.75 Å². The first kappa shape index (κ1) is 15.7. The van der Waals surface area contributed by atoms with Gasteiger partial charge in [-0.3, -0.25) is 0 Å². The van der Waals surface area contributed by atoms with Crippen LogP contribution in [0.4, 0.5) is 0 Å². The van der Waals surface area contributed by atoms with E-state index in [2.05, 4.69) is 48.2 Å². The Bertz CT molecular complexity index is 711. The molecule has 24 heavy (non-hydrogen) atoms. The van der Waals surface area contributed by atoms with E-state index in [0.717, 1.165) is 25.9 Å². The van der Waals surface area contributed by atoms with E-state index in [9.17, 15) is 5.11 Å². The van der Waals surface area contributed by atoms with Gasteiger partial charge in [0, 0.05) is 13.1 Å². The number of hydrogen-bond acceptors (Lipinski definition) is 2. The van der Waals surface area contributed by atoms with Crippen LogP contribution in [-0.2, 0) is 18.3 Å². The van der Waals surface area contributed by atoms with Gasteiger partial charge in [-0.2, -0.15) is 0 Å². The minimum absolute atomic E-state index is 0.232. The number of rotatable bonds is 3. The highest BCUT2D eigenvalue weighted by Crippen LogP contribution is 2.47. The first-order valence-corrected chi connectivity index (χ1v) is 9.24. The SMILES string of the molecule is CC12CCN(CCc3ccccc3)CC1CCc1ccc(O)cc12. The van der Waals surface area contributed by atoms with Crippen molar-refractivity contribution in [1.29, 1.82) is 0 Å². The Morgan fingerprint density at radius 3 is 2.83 bits per heavy atom. The zero-order valence-corrected chi connectivity index (χ0v) is 14.5. The molecule has 2 aromatic rings. The summed E-state index contributed by atoms with van der Waals surface area (Å²) in [5, 5.41) is 9.94. The van der Waals surface area contributed by atoms with Crippen LogP contribution in [0.2, 0.25) is 0 Å². The van der Waals surface area contributed by atoms with Crippen molar-refractivity contribution in [2.24, 2.45) is 5.92 Å². The largest absolute Gasteiger partial charge is 0.508 e. The molecule has 4 rings (SSSR count). The Labute approximate surface area is 145 Å². The number of aryl methyl sites for hydroxylation is 1. The Balaban J connectivity index is 1.47. The van der Waals surface area contributed by atoms with Gasteiger partial charge in [0.2, 0.25) is 0 Å². The first-order valence-electron chi connectivity index (χ1n) is 9.24. The normalized spacial score (nSPS) is 26.6. The molecule has 126 valence electrons. The molecule has 2 atom stereocenters. The molecule has 0 radical (unpaired) electrons. The van der Waals surface area contributed by atoms with Crippen LogP contribution in [0.25, 0.3) is 0 Å². The number of hydrogen-bond donors (Lipinski definition) is 1. The number of phenolic OH excluding ortho intramolecular Hbond substituents is 1. The quantitative estimate of drug-likeness (QED) is 0.917. The van der Waals surface area contributed by atoms with E-state index in [0.29, 0.717) is 11.7 Å². The molecule has 2 aliphatic rings. The Kier molecular flexibility index (Phi) is 4.09. The van der Waals surface area contributed by atoms with Crippen molar-refractivity contribution in [1.82, 2.24) is 4.90 Å². The van der Waals surface area contributed by atoms with E-state index in [-0.39, 0.29) is 5.41 Å². The van der Waals surface area contributed by atoms with Gasteiger partial charge in [-0.1, -0.05) is 43.3 Å². The summed E-state index contributed by atoms with van der Waals surface area (Å²) in [6.07, 6.45) is 4.77. The molecule has 0 spiro atoms. The maximum absolute atomic E-state index is 9.94. The summed E-state index contributed by atoms with van der Waals surface area (Å²) >= 11 is 0. The van der Waals surface area contributed by atoms with Crippen molar-refractivity contribution < 1.29 is 5.11 Å². The minimum atomic E-state index is 0.232. The smallest absolute Gasteiger partial charge is 0.115 e. The van der Waals surface area contributed by atoms with Crippen molar-refractivity contribution in [3.63, 3.8) is 0 Å². The number of nitrogens with zero attached hydrogens (tertiary/aromatic N) is 1. The number of benzene rings is 2. The lowest BCUT2D eigenvalue weighted by atomic mass is 9.61. The molecule has 1 N–H and O–H groups in total. The summed E-state index contributed by atoms with van der Waals surface area (Å²) in [7, 11) is 0. The van der Waals surface area contributed by atoms with Crippen LogP contribution in [0.15, 0.2) is 48.5 Å². The van der Waals surface area contributed by atoms with Gasteiger partial charge in [-0.15, -0.1) is 0 Å². The molecule has 2 aromatic carbocycles. The molecule has 0 amide bonds. The molecular formula is C22H27NO. The molecule has 2 heteroatoms. The van der Waals surface area contributed by atoms with Gasteiger partial charge in [0.05, 0.1) is 0 Å². The van der Waals surface area contributed by atoms with Gasteiger partial charge in [0.1, 0.15) is 5.75 Å². The van der Waals surface area contributed by atoms with E-state index in [1.165, 1.54) is 36.1 Å². The average Bonchev–Trinajstić information content (AvgIpc) is 2.61. The van der Waals surface area contributed by atoms with E-state index in [1.807, 2.05) is 12.1 Å². The van der Waals surface area contributed by atoms with Crippen molar-refractivity contribution >= 4 is 0 Å². The predicted octanol–water partition coefficient (Wildman–Crippen LogP) is 4.16. The van der Waals surface area contributed by atoms with Crippen LogP contribution < -0.4 is 0 Å². The molecule has 2 unspecified atom stereocenters. The zero-order chi connectivity index (χ0) is 16.6. The molecule has 1 aliphatic carbocycles. The van der Waals surface area contributed by atoms with Gasteiger partial charge >= 0.3 is 0 Å². The third kappa shape index (κ3) is 2.84. The summed E-state index contributed by atoms with van der Waals surface area (Å²) in [4.78, 5) is 2.65. The minimum Gasteiger partial charge on any atom is -0.508 e. The first-order chi connectivity index (χ1) is 11.6. The molecule has 1 saturated heterocycles. The second-order valence-corrected chi connectivity index (χ2v) is 7.78. The number of piperidine rings is 1. The van der Waals surface area contributed by atoms with Crippen molar-refractivity contribution in [3.05, 3.63) is 65.2 Å². The van der Waals surface area contributed by atoms with E-state index in [1.54, 1.807) is 0 Å². The molecule has 1 fully saturated rings. The fourth-order valence-electron chi connectivity index (χ4n) is 4.74. The molecule has 0 saturated carbocycles. The van der Waals surface area contributed by atoms with Gasteiger partial charge in [-0.25, -0.2) is 0 Å². The van der Waals surface area contributed by atoms with Crippen LogP contribution in [-0.4, -0.2) is 29.6 Å².